The van der Waals surface area contributed by atoms with Crippen molar-refractivity contribution in [1.29, 1.82) is 0 Å². The van der Waals surface area contributed by atoms with Gasteiger partial charge in [-0.05, 0) is 43.7 Å². The van der Waals surface area contributed by atoms with Crippen LogP contribution >= 0.6 is 0 Å². The molecule has 0 bridgehead atoms. The van der Waals surface area contributed by atoms with Crippen molar-refractivity contribution in [3.05, 3.63) is 64.5 Å². The molecule has 92 valence electrons. The molecule has 0 unspecified atom stereocenters. The first-order valence-corrected chi connectivity index (χ1v) is 5.66. The highest BCUT2D eigenvalue weighted by atomic mass is 19.1. The molecule has 0 aliphatic carbocycles. The molecule has 18 heavy (non-hydrogen) atoms. The van der Waals surface area contributed by atoms with Crippen molar-refractivity contribution in [3.8, 4) is 0 Å². The number of ketones is 1. The highest BCUT2D eigenvalue weighted by Crippen LogP contribution is 2.20. The summed E-state index contributed by atoms with van der Waals surface area (Å²) < 4.78 is 13.2. The molecule has 0 spiro atoms. The maximum absolute atomic E-state index is 13.2. The number of benzene rings is 2. The summed E-state index contributed by atoms with van der Waals surface area (Å²) in [5, 5.41) is 0. The Morgan fingerprint density at radius 2 is 1.78 bits per heavy atom. The van der Waals surface area contributed by atoms with Gasteiger partial charge in [-0.3, -0.25) is 4.79 Å². The van der Waals surface area contributed by atoms with Crippen LogP contribution < -0.4 is 5.73 Å². The summed E-state index contributed by atoms with van der Waals surface area (Å²) in [4.78, 5) is 12.3. The van der Waals surface area contributed by atoms with Gasteiger partial charge < -0.3 is 5.73 Å². The van der Waals surface area contributed by atoms with Crippen LogP contribution in [0.4, 0.5) is 10.1 Å². The molecule has 3 heteroatoms. The van der Waals surface area contributed by atoms with Gasteiger partial charge in [-0.2, -0.15) is 0 Å². The average Bonchev–Trinajstić information content (AvgIpc) is 2.34. The van der Waals surface area contributed by atoms with Gasteiger partial charge >= 0.3 is 0 Å². The quantitative estimate of drug-likeness (QED) is 0.650. The number of carbonyl (C=O) groups excluding carboxylic acids is 1. The molecule has 0 amide bonds. The van der Waals surface area contributed by atoms with Crippen LogP contribution in [0.2, 0.25) is 0 Å². The molecule has 0 aromatic heterocycles. The Labute approximate surface area is 105 Å². The first-order valence-electron chi connectivity index (χ1n) is 5.66. The lowest BCUT2D eigenvalue weighted by Crippen LogP contribution is -2.08. The van der Waals surface area contributed by atoms with Gasteiger partial charge in [0, 0.05) is 16.8 Å². The number of anilines is 1. The van der Waals surface area contributed by atoms with E-state index in [1.807, 2.05) is 26.0 Å². The fraction of sp³-hybridized carbons (Fsp3) is 0.133. The molecule has 2 N–H and O–H groups in total. The van der Waals surface area contributed by atoms with E-state index in [-0.39, 0.29) is 11.3 Å². The van der Waals surface area contributed by atoms with Crippen molar-refractivity contribution in [3.63, 3.8) is 0 Å². The summed E-state index contributed by atoms with van der Waals surface area (Å²) in [5.41, 5.74) is 8.64. The van der Waals surface area contributed by atoms with Gasteiger partial charge in [0.15, 0.2) is 5.78 Å². The first kappa shape index (κ1) is 12.3. The van der Waals surface area contributed by atoms with Gasteiger partial charge in [0.2, 0.25) is 0 Å². The number of nitrogen functional groups attached to an aromatic ring is 1. The van der Waals surface area contributed by atoms with Gasteiger partial charge in [-0.25, -0.2) is 4.39 Å². The summed E-state index contributed by atoms with van der Waals surface area (Å²) in [6.45, 7) is 3.76. The molecule has 0 saturated carbocycles. The van der Waals surface area contributed by atoms with Crippen molar-refractivity contribution in [2.24, 2.45) is 0 Å². The summed E-state index contributed by atoms with van der Waals surface area (Å²) in [7, 11) is 0. The van der Waals surface area contributed by atoms with Crippen LogP contribution in [0, 0.1) is 19.7 Å². The number of nitrogens with two attached hydrogens (primary N) is 1. The molecule has 2 nitrogen and oxygen atoms in total. The van der Waals surface area contributed by atoms with Crippen LogP contribution in [0.15, 0.2) is 36.4 Å². The Bertz CT molecular complexity index is 566. The van der Waals surface area contributed by atoms with E-state index in [1.165, 1.54) is 18.2 Å². The van der Waals surface area contributed by atoms with Crippen molar-refractivity contribution in [1.82, 2.24) is 0 Å². The lowest BCUT2D eigenvalue weighted by molar-refractivity contribution is 0.103. The molecule has 0 fully saturated rings. The molecule has 0 atom stereocenters. The van der Waals surface area contributed by atoms with E-state index >= 15 is 0 Å². The van der Waals surface area contributed by atoms with Crippen LogP contribution in [-0.2, 0) is 0 Å². The number of hydrogen-bond acceptors (Lipinski definition) is 2. The van der Waals surface area contributed by atoms with Crippen LogP contribution in [0.5, 0.6) is 0 Å². The second-order valence-electron chi connectivity index (χ2n) is 4.38. The maximum Gasteiger partial charge on any atom is 0.195 e. The molecule has 0 radical (unpaired) electrons. The van der Waals surface area contributed by atoms with Crippen LogP contribution in [0.1, 0.15) is 27.0 Å². The van der Waals surface area contributed by atoms with E-state index in [0.29, 0.717) is 11.3 Å². The van der Waals surface area contributed by atoms with E-state index < -0.39 is 5.82 Å². The van der Waals surface area contributed by atoms with Gasteiger partial charge in [0.25, 0.3) is 0 Å². The highest BCUT2D eigenvalue weighted by molar-refractivity contribution is 6.12. The molecule has 0 heterocycles. The Balaban J connectivity index is 2.54. The van der Waals surface area contributed by atoms with Crippen LogP contribution in [0.25, 0.3) is 0 Å². The molecular weight excluding hydrogens is 229 g/mol. The van der Waals surface area contributed by atoms with E-state index in [2.05, 4.69) is 0 Å². The predicted octanol–water partition coefficient (Wildman–Crippen LogP) is 3.26. The summed E-state index contributed by atoms with van der Waals surface area (Å²) in [6, 6.07) is 9.43. The van der Waals surface area contributed by atoms with Gasteiger partial charge in [0.1, 0.15) is 5.82 Å². The Morgan fingerprint density at radius 1 is 1.06 bits per heavy atom. The van der Waals surface area contributed by atoms with E-state index in [4.69, 9.17) is 5.73 Å². The third-order valence-electron chi connectivity index (χ3n) is 2.90. The molecule has 2 aromatic rings. The van der Waals surface area contributed by atoms with Crippen molar-refractivity contribution < 1.29 is 9.18 Å². The monoisotopic (exact) mass is 243 g/mol. The second kappa shape index (κ2) is 4.61. The number of halogens is 1. The number of aryl methyl sites for hydroxylation is 2. The minimum Gasteiger partial charge on any atom is -0.398 e. The SMILES string of the molecule is Cc1ccc(C)c(C(=O)c2cc(F)ccc2N)c1. The Hall–Kier alpha value is -2.16. The standard InChI is InChI=1S/C15H14FNO/c1-9-3-4-10(2)12(7-9)15(18)13-8-11(16)5-6-14(13)17/h3-8H,17H2,1-2H3. The molecule has 0 aliphatic heterocycles. The third-order valence-corrected chi connectivity index (χ3v) is 2.90. The van der Waals surface area contributed by atoms with Crippen LogP contribution in [-0.4, -0.2) is 5.78 Å². The predicted molar refractivity (Wildman–Crippen MR) is 70.2 cm³/mol. The molecule has 2 aromatic carbocycles. The zero-order valence-electron chi connectivity index (χ0n) is 10.3. The third kappa shape index (κ3) is 2.25. The summed E-state index contributed by atoms with van der Waals surface area (Å²) in [5.74, 6) is -0.703. The largest absolute Gasteiger partial charge is 0.398 e. The lowest BCUT2D eigenvalue weighted by atomic mass is 9.96. The van der Waals surface area contributed by atoms with E-state index in [9.17, 15) is 9.18 Å². The zero-order chi connectivity index (χ0) is 13.3. The Kier molecular flexibility index (Phi) is 3.15. The number of rotatable bonds is 2. The molecule has 0 aliphatic rings. The van der Waals surface area contributed by atoms with Crippen LogP contribution in [0.3, 0.4) is 0 Å². The second-order valence-corrected chi connectivity index (χ2v) is 4.38. The minimum atomic E-state index is -0.460. The van der Waals surface area contributed by atoms with E-state index in [1.54, 1.807) is 6.07 Å². The van der Waals surface area contributed by atoms with Gasteiger partial charge in [0.05, 0.1) is 0 Å². The summed E-state index contributed by atoms with van der Waals surface area (Å²) >= 11 is 0. The average molecular weight is 243 g/mol. The normalized spacial score (nSPS) is 10.4. The van der Waals surface area contributed by atoms with E-state index in [0.717, 1.165) is 11.1 Å². The maximum atomic E-state index is 13.2. The highest BCUT2D eigenvalue weighted by Gasteiger charge is 2.15. The lowest BCUT2D eigenvalue weighted by Gasteiger charge is -2.08. The number of carbonyl (C=O) groups is 1. The molecule has 2 rings (SSSR count). The van der Waals surface area contributed by atoms with Gasteiger partial charge in [-0.1, -0.05) is 17.7 Å². The van der Waals surface area contributed by atoms with Crippen molar-refractivity contribution >= 4 is 11.5 Å². The smallest absolute Gasteiger partial charge is 0.195 e. The zero-order valence-corrected chi connectivity index (χ0v) is 10.3. The fourth-order valence-electron chi connectivity index (χ4n) is 1.85. The molecule has 0 saturated heterocycles. The van der Waals surface area contributed by atoms with Crippen molar-refractivity contribution in [2.75, 3.05) is 5.73 Å². The minimum absolute atomic E-state index is 0.212. The first-order chi connectivity index (χ1) is 8.49. The number of hydrogen-bond donors (Lipinski definition) is 1. The van der Waals surface area contributed by atoms with Gasteiger partial charge in [-0.15, -0.1) is 0 Å². The topological polar surface area (TPSA) is 43.1 Å². The Morgan fingerprint density at radius 3 is 2.50 bits per heavy atom. The molecular formula is C15H14FNO. The fourth-order valence-corrected chi connectivity index (χ4v) is 1.85. The summed E-state index contributed by atoms with van der Waals surface area (Å²) in [6.07, 6.45) is 0. The van der Waals surface area contributed by atoms with Crippen molar-refractivity contribution in [2.45, 2.75) is 13.8 Å².